The van der Waals surface area contributed by atoms with E-state index in [1.54, 1.807) is 12.1 Å². The van der Waals surface area contributed by atoms with E-state index in [1.165, 1.54) is 6.07 Å². The lowest BCUT2D eigenvalue weighted by Gasteiger charge is -2.30. The third-order valence-corrected chi connectivity index (χ3v) is 2.86. The van der Waals surface area contributed by atoms with Crippen LogP contribution in [0.2, 0.25) is 0 Å². The van der Waals surface area contributed by atoms with E-state index in [4.69, 9.17) is 10.5 Å². The molecule has 18 heavy (non-hydrogen) atoms. The van der Waals surface area contributed by atoms with E-state index >= 15 is 0 Å². The first kappa shape index (κ1) is 12.4. The number of morpholine rings is 1. The maximum absolute atomic E-state index is 11.2. The summed E-state index contributed by atoms with van der Waals surface area (Å²) in [6, 6.07) is 4.48. The maximum Gasteiger partial charge on any atom is 0.337 e. The van der Waals surface area contributed by atoms with Crippen molar-refractivity contribution in [3.8, 4) is 0 Å². The van der Waals surface area contributed by atoms with E-state index in [9.17, 15) is 14.7 Å². The highest BCUT2D eigenvalue weighted by Crippen LogP contribution is 2.23. The Kier molecular flexibility index (Phi) is 3.47. The molecule has 0 atom stereocenters. The minimum Gasteiger partial charge on any atom is -0.478 e. The summed E-state index contributed by atoms with van der Waals surface area (Å²) in [4.78, 5) is 24.2. The monoisotopic (exact) mass is 250 g/mol. The number of carbonyl (C=O) groups excluding carboxylic acids is 1. The number of rotatable bonds is 3. The molecule has 6 heteroatoms. The van der Waals surface area contributed by atoms with Crippen molar-refractivity contribution in [3.63, 3.8) is 0 Å². The third-order valence-electron chi connectivity index (χ3n) is 2.86. The number of nitrogens with two attached hydrogens (primary N) is 1. The van der Waals surface area contributed by atoms with Crippen molar-refractivity contribution in [2.24, 2.45) is 5.73 Å². The molecule has 2 rings (SSSR count). The number of primary amides is 1. The Hall–Kier alpha value is -2.08. The first-order valence-corrected chi connectivity index (χ1v) is 5.59. The molecule has 96 valence electrons. The van der Waals surface area contributed by atoms with Crippen molar-refractivity contribution in [1.82, 2.24) is 0 Å². The number of anilines is 1. The molecule has 1 aliphatic heterocycles. The number of aromatic carboxylic acids is 1. The molecular formula is C12H14N2O4. The average molecular weight is 250 g/mol. The Morgan fingerprint density at radius 1 is 1.28 bits per heavy atom. The molecule has 0 radical (unpaired) electrons. The van der Waals surface area contributed by atoms with Gasteiger partial charge in [0.1, 0.15) is 0 Å². The van der Waals surface area contributed by atoms with Crippen LogP contribution in [0.5, 0.6) is 0 Å². The van der Waals surface area contributed by atoms with Crippen LogP contribution in [-0.2, 0) is 4.74 Å². The van der Waals surface area contributed by atoms with Crippen LogP contribution in [0.15, 0.2) is 18.2 Å². The smallest absolute Gasteiger partial charge is 0.337 e. The van der Waals surface area contributed by atoms with Crippen molar-refractivity contribution in [3.05, 3.63) is 29.3 Å². The molecule has 0 spiro atoms. The Bertz CT molecular complexity index is 481. The predicted octanol–water partition coefficient (Wildman–Crippen LogP) is 0.320. The van der Waals surface area contributed by atoms with Gasteiger partial charge in [0.25, 0.3) is 0 Å². The summed E-state index contributed by atoms with van der Waals surface area (Å²) in [5.41, 5.74) is 6.03. The number of hydrogen-bond donors (Lipinski definition) is 2. The first-order chi connectivity index (χ1) is 8.59. The fraction of sp³-hybridized carbons (Fsp3) is 0.333. The summed E-state index contributed by atoms with van der Waals surface area (Å²) < 4.78 is 5.22. The number of benzene rings is 1. The van der Waals surface area contributed by atoms with Crippen LogP contribution in [0.4, 0.5) is 5.69 Å². The lowest BCUT2D eigenvalue weighted by atomic mass is 10.1. The number of amides is 1. The van der Waals surface area contributed by atoms with E-state index in [1.807, 2.05) is 4.90 Å². The summed E-state index contributed by atoms with van der Waals surface area (Å²) in [7, 11) is 0. The minimum atomic E-state index is -1.07. The molecule has 0 aliphatic carbocycles. The molecule has 3 N–H and O–H groups in total. The topological polar surface area (TPSA) is 92.9 Å². The van der Waals surface area contributed by atoms with Gasteiger partial charge in [-0.2, -0.15) is 0 Å². The number of nitrogens with zero attached hydrogens (tertiary/aromatic N) is 1. The molecule has 1 saturated heterocycles. The van der Waals surface area contributed by atoms with Crippen LogP contribution >= 0.6 is 0 Å². The maximum atomic E-state index is 11.2. The summed E-state index contributed by atoms with van der Waals surface area (Å²) in [6.07, 6.45) is 0. The normalized spacial score (nSPS) is 15.4. The van der Waals surface area contributed by atoms with Crippen LogP contribution < -0.4 is 10.6 Å². The number of hydrogen-bond acceptors (Lipinski definition) is 4. The van der Waals surface area contributed by atoms with Crippen molar-refractivity contribution in [1.29, 1.82) is 0 Å². The second-order valence-corrected chi connectivity index (χ2v) is 4.00. The minimum absolute atomic E-state index is 0.0909. The summed E-state index contributed by atoms with van der Waals surface area (Å²) in [5, 5.41) is 9.19. The first-order valence-electron chi connectivity index (χ1n) is 5.59. The number of carbonyl (C=O) groups is 2. The van der Waals surface area contributed by atoms with Gasteiger partial charge in [0, 0.05) is 18.7 Å². The summed E-state index contributed by atoms with van der Waals surface area (Å²) >= 11 is 0. The van der Waals surface area contributed by atoms with Crippen LogP contribution in [0.3, 0.4) is 0 Å². The van der Waals surface area contributed by atoms with Gasteiger partial charge >= 0.3 is 5.97 Å². The zero-order chi connectivity index (χ0) is 13.1. The molecule has 6 nitrogen and oxygen atoms in total. The second-order valence-electron chi connectivity index (χ2n) is 4.00. The van der Waals surface area contributed by atoms with E-state index in [0.717, 1.165) is 0 Å². The molecule has 1 heterocycles. The Morgan fingerprint density at radius 2 is 1.94 bits per heavy atom. The molecule has 0 unspecified atom stereocenters. The molecule has 0 bridgehead atoms. The van der Waals surface area contributed by atoms with Crippen molar-refractivity contribution in [2.75, 3.05) is 31.2 Å². The van der Waals surface area contributed by atoms with Crippen molar-refractivity contribution in [2.45, 2.75) is 0 Å². The van der Waals surface area contributed by atoms with E-state index < -0.39 is 11.9 Å². The third kappa shape index (κ3) is 2.43. The van der Waals surface area contributed by atoms with Gasteiger partial charge in [0.15, 0.2) is 0 Å². The highest BCUT2D eigenvalue weighted by atomic mass is 16.5. The van der Waals surface area contributed by atoms with Crippen LogP contribution in [0.1, 0.15) is 20.7 Å². The van der Waals surface area contributed by atoms with Gasteiger partial charge in [-0.15, -0.1) is 0 Å². The molecule has 1 amide bonds. The molecule has 0 saturated carbocycles. The Morgan fingerprint density at radius 3 is 2.50 bits per heavy atom. The predicted molar refractivity (Wildman–Crippen MR) is 65.0 cm³/mol. The number of carboxylic acids is 1. The van der Waals surface area contributed by atoms with Crippen LogP contribution in [0.25, 0.3) is 0 Å². The Balaban J connectivity index is 2.39. The highest BCUT2D eigenvalue weighted by Gasteiger charge is 2.19. The highest BCUT2D eigenvalue weighted by molar-refractivity contribution is 6.00. The van der Waals surface area contributed by atoms with Gasteiger partial charge in [-0.1, -0.05) is 0 Å². The zero-order valence-corrected chi connectivity index (χ0v) is 9.76. The Labute approximate surface area is 104 Å². The quantitative estimate of drug-likeness (QED) is 0.805. The fourth-order valence-corrected chi connectivity index (χ4v) is 1.94. The van der Waals surface area contributed by atoms with Gasteiger partial charge < -0.3 is 20.5 Å². The number of ether oxygens (including phenoxy) is 1. The largest absolute Gasteiger partial charge is 0.478 e. The van der Waals surface area contributed by atoms with Crippen LogP contribution in [0, 0.1) is 0 Å². The SMILES string of the molecule is NC(=O)c1ccc(N2CCOCC2)c(C(=O)O)c1. The van der Waals surface area contributed by atoms with Gasteiger partial charge in [0.05, 0.1) is 24.5 Å². The average Bonchev–Trinajstić information content (AvgIpc) is 2.39. The van der Waals surface area contributed by atoms with Gasteiger partial charge in [-0.3, -0.25) is 4.79 Å². The molecule has 0 aromatic heterocycles. The van der Waals surface area contributed by atoms with Gasteiger partial charge in [0.2, 0.25) is 5.91 Å². The number of carboxylic acid groups (broad SMARTS) is 1. The van der Waals surface area contributed by atoms with Crippen molar-refractivity contribution < 1.29 is 19.4 Å². The second kappa shape index (κ2) is 5.05. The molecule has 1 aromatic rings. The lowest BCUT2D eigenvalue weighted by Crippen LogP contribution is -2.37. The zero-order valence-electron chi connectivity index (χ0n) is 9.76. The van der Waals surface area contributed by atoms with E-state index in [-0.39, 0.29) is 11.1 Å². The summed E-state index contributed by atoms with van der Waals surface area (Å²) in [5.74, 6) is -1.70. The summed E-state index contributed by atoms with van der Waals surface area (Å²) in [6.45, 7) is 2.40. The fourth-order valence-electron chi connectivity index (χ4n) is 1.94. The molecule has 1 fully saturated rings. The van der Waals surface area contributed by atoms with Gasteiger partial charge in [-0.25, -0.2) is 4.79 Å². The van der Waals surface area contributed by atoms with Crippen molar-refractivity contribution >= 4 is 17.6 Å². The molecular weight excluding hydrogens is 236 g/mol. The standard InChI is InChI=1S/C12H14N2O4/c13-11(15)8-1-2-10(9(7-8)12(16)17)14-3-5-18-6-4-14/h1-2,7H,3-6H2,(H2,13,15)(H,16,17). The van der Waals surface area contributed by atoms with E-state index in [2.05, 4.69) is 0 Å². The molecule has 1 aliphatic rings. The van der Waals surface area contributed by atoms with Crippen LogP contribution in [-0.4, -0.2) is 43.3 Å². The lowest BCUT2D eigenvalue weighted by molar-refractivity contribution is 0.0696. The molecule has 1 aromatic carbocycles. The van der Waals surface area contributed by atoms with E-state index in [0.29, 0.717) is 32.0 Å². The van der Waals surface area contributed by atoms with Gasteiger partial charge in [-0.05, 0) is 18.2 Å².